The molecule has 31 heavy (non-hydrogen) atoms. The molecule has 2 atom stereocenters. The molecule has 1 heterocycles. The molecule has 4 rings (SSSR count). The Labute approximate surface area is 186 Å². The molecule has 5 nitrogen and oxygen atoms in total. The van der Waals surface area contributed by atoms with Gasteiger partial charge in [-0.1, -0.05) is 17.2 Å². The van der Waals surface area contributed by atoms with E-state index in [1.54, 1.807) is 23.8 Å². The van der Waals surface area contributed by atoms with Crippen molar-refractivity contribution < 1.29 is 23.0 Å². The Kier molecular flexibility index (Phi) is 6.61. The van der Waals surface area contributed by atoms with E-state index in [-0.39, 0.29) is 16.9 Å². The molecule has 6 heteroatoms. The monoisotopic (exact) mass is 446 g/mol. The summed E-state index contributed by atoms with van der Waals surface area (Å²) >= 11 is 0. The molecule has 0 saturated carbocycles. The second-order valence-corrected chi connectivity index (χ2v) is 11.5. The van der Waals surface area contributed by atoms with Gasteiger partial charge in [-0.25, -0.2) is 8.42 Å². The molecule has 1 fully saturated rings. The van der Waals surface area contributed by atoms with Crippen LogP contribution in [0.3, 0.4) is 0 Å². The fourth-order valence-electron chi connectivity index (χ4n) is 5.18. The molecular weight excluding hydrogens is 412 g/mol. The first-order valence-electron chi connectivity index (χ1n) is 11.4. The number of rotatable bonds is 6. The van der Waals surface area contributed by atoms with E-state index >= 15 is 0 Å². The summed E-state index contributed by atoms with van der Waals surface area (Å²) in [6.45, 7) is 5.56. The van der Waals surface area contributed by atoms with Crippen LogP contribution in [-0.4, -0.2) is 39.1 Å². The van der Waals surface area contributed by atoms with Gasteiger partial charge in [-0.2, -0.15) is 0 Å². The first kappa shape index (κ1) is 22.6. The second-order valence-electron chi connectivity index (χ2n) is 9.49. The summed E-state index contributed by atoms with van der Waals surface area (Å²) in [7, 11) is -3.37. The number of aliphatic hydroxyl groups excluding tert-OH is 1. The Bertz CT molecular complexity index is 983. The number of hydrogen-bond donors (Lipinski definition) is 1. The fraction of sp³-hybridized carbons (Fsp3) is 0.600. The Morgan fingerprint density at radius 2 is 1.87 bits per heavy atom. The number of ether oxygens (including phenoxy) is 2. The maximum atomic E-state index is 12.1. The number of aliphatic hydroxyl groups is 1. The first-order valence-corrected chi connectivity index (χ1v) is 13.3. The standard InChI is InChI=1S/C25H34O5S/c1-16(2)30-24-7-6-22(31(3,27)28)15-23(24)25(26)21-13-19-5-4-18(12-20(19)14-21)17-8-10-29-11-9-17/h6-7,12,15-17,21,25-26H,4-5,8-11,13-14H2,1-3H3. The third kappa shape index (κ3) is 5.07. The van der Waals surface area contributed by atoms with Gasteiger partial charge in [0.15, 0.2) is 9.84 Å². The van der Waals surface area contributed by atoms with Crippen LogP contribution in [0.15, 0.2) is 45.9 Å². The van der Waals surface area contributed by atoms with Gasteiger partial charge < -0.3 is 14.6 Å². The van der Waals surface area contributed by atoms with Crippen LogP contribution in [0.4, 0.5) is 0 Å². The largest absolute Gasteiger partial charge is 0.491 e. The maximum absolute atomic E-state index is 12.1. The molecule has 0 spiro atoms. The van der Waals surface area contributed by atoms with Crippen LogP contribution in [0, 0.1) is 11.8 Å². The van der Waals surface area contributed by atoms with Crippen molar-refractivity contribution in [1.82, 2.24) is 0 Å². The van der Waals surface area contributed by atoms with Gasteiger partial charge in [0.1, 0.15) is 5.75 Å². The number of sulfone groups is 1. The Morgan fingerprint density at radius 3 is 2.55 bits per heavy atom. The first-order chi connectivity index (χ1) is 14.7. The van der Waals surface area contributed by atoms with Crippen molar-refractivity contribution in [2.24, 2.45) is 11.8 Å². The zero-order valence-electron chi connectivity index (χ0n) is 18.8. The Morgan fingerprint density at radius 1 is 1.13 bits per heavy atom. The highest BCUT2D eigenvalue weighted by molar-refractivity contribution is 7.90. The van der Waals surface area contributed by atoms with Crippen molar-refractivity contribution in [3.63, 3.8) is 0 Å². The van der Waals surface area contributed by atoms with E-state index in [9.17, 15) is 13.5 Å². The van der Waals surface area contributed by atoms with Gasteiger partial charge in [0.05, 0.1) is 17.1 Å². The van der Waals surface area contributed by atoms with Crippen molar-refractivity contribution in [3.8, 4) is 5.75 Å². The van der Waals surface area contributed by atoms with Gasteiger partial charge in [0.2, 0.25) is 0 Å². The van der Waals surface area contributed by atoms with Crippen LogP contribution in [0.1, 0.15) is 64.0 Å². The normalized spacial score (nSPS) is 23.6. The number of hydrogen-bond acceptors (Lipinski definition) is 5. The summed E-state index contributed by atoms with van der Waals surface area (Å²) in [5.41, 5.74) is 4.95. The molecule has 170 valence electrons. The fourth-order valence-corrected chi connectivity index (χ4v) is 5.83. The van der Waals surface area contributed by atoms with Crippen molar-refractivity contribution >= 4 is 9.84 Å². The van der Waals surface area contributed by atoms with Crippen LogP contribution in [0.5, 0.6) is 5.75 Å². The minimum absolute atomic E-state index is 0.0413. The lowest BCUT2D eigenvalue weighted by atomic mass is 9.83. The zero-order valence-corrected chi connectivity index (χ0v) is 19.6. The van der Waals surface area contributed by atoms with Crippen LogP contribution in [-0.2, 0) is 14.6 Å². The molecular formula is C25H34O5S. The summed E-state index contributed by atoms with van der Waals surface area (Å²) in [6.07, 6.45) is 8.84. The molecule has 2 unspecified atom stereocenters. The maximum Gasteiger partial charge on any atom is 0.175 e. The quantitative estimate of drug-likeness (QED) is 0.682. The highest BCUT2D eigenvalue weighted by Gasteiger charge is 2.34. The van der Waals surface area contributed by atoms with Crippen molar-refractivity contribution in [1.29, 1.82) is 0 Å². The van der Waals surface area contributed by atoms with E-state index in [0.29, 0.717) is 17.2 Å². The molecule has 3 aliphatic rings. The topological polar surface area (TPSA) is 72.8 Å². The molecule has 1 N–H and O–H groups in total. The van der Waals surface area contributed by atoms with E-state index in [1.165, 1.54) is 17.4 Å². The predicted molar refractivity (Wildman–Crippen MR) is 121 cm³/mol. The van der Waals surface area contributed by atoms with Gasteiger partial charge in [-0.05, 0) is 88.0 Å². The summed E-state index contributed by atoms with van der Waals surface area (Å²) in [6, 6.07) is 4.84. The molecule has 1 saturated heterocycles. The molecule has 2 aliphatic carbocycles. The molecule has 1 aromatic carbocycles. The van der Waals surface area contributed by atoms with Crippen molar-refractivity contribution in [2.75, 3.05) is 19.5 Å². The minimum atomic E-state index is -3.37. The molecule has 1 aliphatic heterocycles. The summed E-state index contributed by atoms with van der Waals surface area (Å²) in [5.74, 6) is 1.24. The van der Waals surface area contributed by atoms with E-state index in [2.05, 4.69) is 6.08 Å². The lowest BCUT2D eigenvalue weighted by Crippen LogP contribution is -2.18. The van der Waals surface area contributed by atoms with Crippen LogP contribution in [0.2, 0.25) is 0 Å². The van der Waals surface area contributed by atoms with Gasteiger partial charge in [-0.15, -0.1) is 0 Å². The molecule has 0 bridgehead atoms. The molecule has 0 radical (unpaired) electrons. The minimum Gasteiger partial charge on any atom is -0.491 e. The summed E-state index contributed by atoms with van der Waals surface area (Å²) in [4.78, 5) is 0.218. The van der Waals surface area contributed by atoms with Gasteiger partial charge in [-0.3, -0.25) is 0 Å². The van der Waals surface area contributed by atoms with Crippen molar-refractivity contribution in [3.05, 3.63) is 46.6 Å². The van der Waals surface area contributed by atoms with Gasteiger partial charge >= 0.3 is 0 Å². The zero-order chi connectivity index (χ0) is 22.2. The average Bonchev–Trinajstić information content (AvgIpc) is 3.16. The van der Waals surface area contributed by atoms with E-state index in [0.717, 1.165) is 51.7 Å². The SMILES string of the molecule is CC(C)Oc1ccc(S(C)(=O)=O)cc1C(O)C1CC2=C(CCC(C3CCOCC3)=C2)C1. The van der Waals surface area contributed by atoms with E-state index in [1.807, 2.05) is 13.8 Å². The van der Waals surface area contributed by atoms with Gasteiger partial charge in [0, 0.05) is 25.0 Å². The van der Waals surface area contributed by atoms with E-state index < -0.39 is 15.9 Å². The Hall–Kier alpha value is -1.63. The third-order valence-electron chi connectivity index (χ3n) is 6.80. The molecule has 0 amide bonds. The Balaban J connectivity index is 1.56. The predicted octanol–water partition coefficient (Wildman–Crippen LogP) is 4.76. The second kappa shape index (κ2) is 9.08. The lowest BCUT2D eigenvalue weighted by Gasteiger charge is -2.27. The number of benzene rings is 1. The van der Waals surface area contributed by atoms with Crippen LogP contribution < -0.4 is 4.74 Å². The summed E-state index contributed by atoms with van der Waals surface area (Å²) in [5, 5.41) is 11.3. The smallest absolute Gasteiger partial charge is 0.175 e. The van der Waals surface area contributed by atoms with Crippen LogP contribution >= 0.6 is 0 Å². The molecule has 0 aromatic heterocycles. The molecule has 1 aromatic rings. The average molecular weight is 447 g/mol. The van der Waals surface area contributed by atoms with Crippen molar-refractivity contribution in [2.45, 2.75) is 69.5 Å². The highest BCUT2D eigenvalue weighted by atomic mass is 32.2. The van der Waals surface area contributed by atoms with E-state index in [4.69, 9.17) is 9.47 Å². The van der Waals surface area contributed by atoms with Crippen LogP contribution in [0.25, 0.3) is 0 Å². The number of allylic oxidation sites excluding steroid dienone is 4. The lowest BCUT2D eigenvalue weighted by molar-refractivity contribution is 0.0748. The van der Waals surface area contributed by atoms with Gasteiger partial charge in [0.25, 0.3) is 0 Å². The highest BCUT2D eigenvalue weighted by Crippen LogP contribution is 2.47. The third-order valence-corrected chi connectivity index (χ3v) is 7.91. The summed E-state index contributed by atoms with van der Waals surface area (Å²) < 4.78 is 35.6.